The Kier molecular flexibility index (Phi) is 6.48. The van der Waals surface area contributed by atoms with Crippen LogP contribution in [-0.4, -0.2) is 57.6 Å². The van der Waals surface area contributed by atoms with Crippen LogP contribution >= 0.6 is 0 Å². The molecule has 1 atom stereocenters. The minimum atomic E-state index is 0.0120. The average Bonchev–Trinajstić information content (AvgIpc) is 3.60. The minimum absolute atomic E-state index is 0.0120. The molecule has 2 aromatic carbocycles. The van der Waals surface area contributed by atoms with Gasteiger partial charge in [0.25, 0.3) is 5.91 Å². The molecule has 6 heteroatoms. The summed E-state index contributed by atoms with van der Waals surface area (Å²) in [4.78, 5) is 30.5. The van der Waals surface area contributed by atoms with Gasteiger partial charge in [0.1, 0.15) is 5.69 Å². The van der Waals surface area contributed by atoms with Crippen molar-refractivity contribution in [1.82, 2.24) is 19.6 Å². The highest BCUT2D eigenvalue weighted by atomic mass is 16.2. The number of para-hydroxylation sites is 1. The quantitative estimate of drug-likeness (QED) is 0.562. The van der Waals surface area contributed by atoms with E-state index in [1.54, 1.807) is 4.68 Å². The molecule has 2 aliphatic heterocycles. The van der Waals surface area contributed by atoms with Crippen LogP contribution in [0.3, 0.4) is 0 Å². The van der Waals surface area contributed by atoms with Gasteiger partial charge in [0.05, 0.1) is 11.3 Å². The van der Waals surface area contributed by atoms with Crippen LogP contribution in [-0.2, 0) is 4.79 Å². The molecule has 2 aliphatic rings. The second-order valence-corrected chi connectivity index (χ2v) is 9.49. The van der Waals surface area contributed by atoms with Gasteiger partial charge < -0.3 is 9.80 Å². The highest BCUT2D eigenvalue weighted by Crippen LogP contribution is 2.30. The monoisotopic (exact) mass is 456 g/mol. The maximum absolute atomic E-state index is 13.7. The van der Waals surface area contributed by atoms with E-state index in [1.807, 2.05) is 76.7 Å². The fourth-order valence-electron chi connectivity index (χ4n) is 5.25. The van der Waals surface area contributed by atoms with E-state index in [9.17, 15) is 9.59 Å². The molecule has 34 heavy (non-hydrogen) atoms. The first-order chi connectivity index (χ1) is 16.6. The molecule has 176 valence electrons. The van der Waals surface area contributed by atoms with E-state index in [0.29, 0.717) is 30.3 Å². The molecule has 2 amide bonds. The molecule has 2 fully saturated rings. The van der Waals surface area contributed by atoms with Crippen molar-refractivity contribution in [3.05, 3.63) is 72.4 Å². The van der Waals surface area contributed by atoms with E-state index in [1.165, 1.54) is 0 Å². The van der Waals surface area contributed by atoms with Crippen molar-refractivity contribution >= 4 is 11.8 Å². The predicted octanol–water partition coefficient (Wildman–Crippen LogP) is 4.65. The van der Waals surface area contributed by atoms with Crippen LogP contribution in [0.1, 0.15) is 43.0 Å². The Balaban J connectivity index is 1.33. The van der Waals surface area contributed by atoms with Crippen LogP contribution in [0.4, 0.5) is 0 Å². The fourth-order valence-corrected chi connectivity index (χ4v) is 5.25. The summed E-state index contributed by atoms with van der Waals surface area (Å²) in [6, 6.07) is 19.8. The van der Waals surface area contributed by atoms with Crippen LogP contribution in [0, 0.1) is 11.8 Å². The number of piperidine rings is 1. The summed E-state index contributed by atoms with van der Waals surface area (Å²) in [6.07, 6.45) is 5.81. The van der Waals surface area contributed by atoms with Crippen LogP contribution in [0.5, 0.6) is 0 Å². The average molecular weight is 457 g/mol. The lowest BCUT2D eigenvalue weighted by atomic mass is 9.84. The van der Waals surface area contributed by atoms with Gasteiger partial charge in [-0.15, -0.1) is 0 Å². The van der Waals surface area contributed by atoms with E-state index in [2.05, 4.69) is 6.92 Å². The van der Waals surface area contributed by atoms with Gasteiger partial charge in [0, 0.05) is 43.9 Å². The van der Waals surface area contributed by atoms with Gasteiger partial charge in [-0.25, -0.2) is 4.68 Å². The number of aromatic nitrogens is 2. The van der Waals surface area contributed by atoms with Gasteiger partial charge in [-0.3, -0.25) is 9.59 Å². The lowest BCUT2D eigenvalue weighted by Gasteiger charge is -2.35. The van der Waals surface area contributed by atoms with Crippen molar-refractivity contribution in [3.63, 3.8) is 0 Å². The summed E-state index contributed by atoms with van der Waals surface area (Å²) in [7, 11) is 0. The van der Waals surface area contributed by atoms with Crippen molar-refractivity contribution in [3.8, 4) is 16.9 Å². The van der Waals surface area contributed by atoms with Crippen molar-refractivity contribution in [2.24, 2.45) is 11.8 Å². The minimum Gasteiger partial charge on any atom is -0.342 e. The first-order valence-corrected chi connectivity index (χ1v) is 12.4. The Hall–Kier alpha value is -3.41. The van der Waals surface area contributed by atoms with E-state index >= 15 is 0 Å². The largest absolute Gasteiger partial charge is 0.342 e. The molecular formula is C28H32N4O2. The molecule has 0 N–H and O–H groups in total. The summed E-state index contributed by atoms with van der Waals surface area (Å²) in [5.74, 6) is 0.657. The lowest BCUT2D eigenvalue weighted by molar-refractivity contribution is -0.136. The van der Waals surface area contributed by atoms with Gasteiger partial charge in [0.2, 0.25) is 5.91 Å². The number of hydrogen-bond donors (Lipinski definition) is 0. The van der Waals surface area contributed by atoms with E-state index in [0.717, 1.165) is 50.0 Å². The second-order valence-electron chi connectivity index (χ2n) is 9.49. The molecule has 2 saturated heterocycles. The third kappa shape index (κ3) is 4.49. The molecule has 3 heterocycles. The number of amides is 2. The zero-order chi connectivity index (χ0) is 23.5. The van der Waals surface area contributed by atoms with Crippen LogP contribution in [0.2, 0.25) is 0 Å². The number of likely N-dealkylation sites (tertiary alicyclic amines) is 2. The molecule has 0 unspecified atom stereocenters. The Bertz CT molecular complexity index is 1130. The van der Waals surface area contributed by atoms with Gasteiger partial charge >= 0.3 is 0 Å². The highest BCUT2D eigenvalue weighted by Gasteiger charge is 2.34. The number of rotatable bonds is 5. The number of carbonyl (C=O) groups excluding carboxylic acids is 2. The molecule has 0 bridgehead atoms. The predicted molar refractivity (Wildman–Crippen MR) is 133 cm³/mol. The number of benzene rings is 2. The molecule has 0 spiro atoms. The van der Waals surface area contributed by atoms with E-state index in [-0.39, 0.29) is 17.7 Å². The molecule has 5 rings (SSSR count). The molecule has 3 aromatic rings. The fraction of sp³-hybridized carbons (Fsp3) is 0.393. The maximum Gasteiger partial charge on any atom is 0.257 e. The Morgan fingerprint density at radius 2 is 1.47 bits per heavy atom. The Labute approximate surface area is 201 Å². The van der Waals surface area contributed by atoms with E-state index in [4.69, 9.17) is 5.10 Å². The first kappa shape index (κ1) is 22.4. The first-order valence-electron chi connectivity index (χ1n) is 12.4. The molecule has 0 radical (unpaired) electrons. The standard InChI is InChI=1S/C28H32N4O2/c1-21(27(33)30-16-8-9-17-30)22-14-18-31(19-15-22)28(34)25-20-32(24-12-6-3-7-13-24)29-26(25)23-10-4-2-5-11-23/h2-7,10-13,20-22H,8-9,14-19H2,1H3/t21-/m1/s1. The SMILES string of the molecule is C[C@@H](C(=O)N1CCCC1)C1CCN(C(=O)c2cn(-c3ccccc3)nc2-c2ccccc2)CC1. The van der Waals surface area contributed by atoms with Gasteiger partial charge in [-0.2, -0.15) is 5.10 Å². The van der Waals surface area contributed by atoms with Crippen molar-refractivity contribution < 1.29 is 9.59 Å². The number of carbonyl (C=O) groups is 2. The Morgan fingerprint density at radius 3 is 2.12 bits per heavy atom. The lowest BCUT2D eigenvalue weighted by Crippen LogP contribution is -2.43. The van der Waals surface area contributed by atoms with Crippen molar-refractivity contribution in [2.45, 2.75) is 32.6 Å². The summed E-state index contributed by atoms with van der Waals surface area (Å²) in [5.41, 5.74) is 3.18. The number of hydrogen-bond acceptors (Lipinski definition) is 3. The van der Waals surface area contributed by atoms with Gasteiger partial charge in [-0.1, -0.05) is 55.5 Å². The van der Waals surface area contributed by atoms with Crippen LogP contribution in [0.25, 0.3) is 16.9 Å². The third-order valence-electron chi connectivity index (χ3n) is 7.35. The zero-order valence-corrected chi connectivity index (χ0v) is 19.8. The number of nitrogens with zero attached hydrogens (tertiary/aromatic N) is 4. The molecule has 1 aromatic heterocycles. The molecule has 6 nitrogen and oxygen atoms in total. The summed E-state index contributed by atoms with van der Waals surface area (Å²) in [5, 5.41) is 4.80. The van der Waals surface area contributed by atoms with Crippen LogP contribution in [0.15, 0.2) is 66.9 Å². The normalized spacial score (nSPS) is 17.7. The summed E-state index contributed by atoms with van der Waals surface area (Å²) < 4.78 is 1.79. The summed E-state index contributed by atoms with van der Waals surface area (Å²) in [6.45, 7) is 5.21. The highest BCUT2D eigenvalue weighted by molar-refractivity contribution is 6.00. The topological polar surface area (TPSA) is 58.4 Å². The second kappa shape index (κ2) is 9.84. The molecular weight excluding hydrogens is 424 g/mol. The summed E-state index contributed by atoms with van der Waals surface area (Å²) >= 11 is 0. The Morgan fingerprint density at radius 1 is 0.853 bits per heavy atom. The van der Waals surface area contributed by atoms with Crippen LogP contribution < -0.4 is 0 Å². The van der Waals surface area contributed by atoms with E-state index < -0.39 is 0 Å². The smallest absolute Gasteiger partial charge is 0.257 e. The molecule has 0 saturated carbocycles. The van der Waals surface area contributed by atoms with Crippen molar-refractivity contribution in [2.75, 3.05) is 26.2 Å². The molecule has 0 aliphatic carbocycles. The van der Waals surface area contributed by atoms with Gasteiger partial charge in [-0.05, 0) is 43.7 Å². The maximum atomic E-state index is 13.7. The third-order valence-corrected chi connectivity index (χ3v) is 7.35. The zero-order valence-electron chi connectivity index (χ0n) is 19.8. The van der Waals surface area contributed by atoms with Gasteiger partial charge in [0.15, 0.2) is 0 Å². The van der Waals surface area contributed by atoms with Crippen molar-refractivity contribution in [1.29, 1.82) is 0 Å².